The molecular weight excluding hydrogens is 466 g/mol. The number of carbonyl (C=O) groups is 4. The molecule has 2 rings (SSSR count). The predicted molar refractivity (Wildman–Crippen MR) is 130 cm³/mol. The highest BCUT2D eigenvalue weighted by atomic mass is 16.6. The molecule has 0 aromatic heterocycles. The van der Waals surface area contributed by atoms with Crippen molar-refractivity contribution in [1.29, 1.82) is 5.26 Å². The van der Waals surface area contributed by atoms with E-state index in [9.17, 15) is 29.5 Å². The molecule has 11 nitrogen and oxygen atoms in total. The third kappa shape index (κ3) is 8.45. The van der Waals surface area contributed by atoms with E-state index in [1.807, 2.05) is 6.07 Å². The molecule has 1 aliphatic carbocycles. The van der Waals surface area contributed by atoms with Gasteiger partial charge in [-0.3, -0.25) is 14.4 Å². The number of nitrogens with zero attached hydrogens (tertiary/aromatic N) is 2. The molecule has 1 fully saturated rings. The second-order valence-electron chi connectivity index (χ2n) is 9.80. The number of nitrogens with two attached hydrogens (primary N) is 1. The number of amides is 4. The van der Waals surface area contributed by atoms with Crippen molar-refractivity contribution in [2.45, 2.75) is 83.0 Å². The summed E-state index contributed by atoms with van der Waals surface area (Å²) in [5.74, 6) is -2.61. The fourth-order valence-corrected chi connectivity index (χ4v) is 4.12. The molecule has 0 aliphatic heterocycles. The van der Waals surface area contributed by atoms with E-state index in [2.05, 4.69) is 10.6 Å². The molecule has 2 atom stereocenters. The fraction of sp³-hybridized carbons (Fsp3) is 0.560. The number of hydrogen-bond acceptors (Lipinski definition) is 7. The summed E-state index contributed by atoms with van der Waals surface area (Å²) in [7, 11) is 0. The number of benzene rings is 1. The van der Waals surface area contributed by atoms with Gasteiger partial charge >= 0.3 is 6.09 Å². The number of carbonyl (C=O) groups excluding carboxylic acids is 4. The maximum atomic E-state index is 13.6. The molecule has 0 spiro atoms. The molecule has 0 radical (unpaired) electrons. The van der Waals surface area contributed by atoms with Crippen LogP contribution >= 0.6 is 0 Å². The van der Waals surface area contributed by atoms with Crippen LogP contribution in [0.5, 0.6) is 5.75 Å². The average Bonchev–Trinajstić information content (AvgIpc) is 2.78. The van der Waals surface area contributed by atoms with Gasteiger partial charge in [-0.25, -0.2) is 4.79 Å². The standard InChI is InChI=1S/C25H35N5O6/c1-25(2,3)36-24(35)29-18(15-20(27)32)23(34)30(14-13-26)21(17-11-7-8-12-19(17)31)22(33)28-16-9-5-4-6-10-16/h7-8,11-12,16,18,21,31H,4-6,9-10,14-15H2,1-3H3,(H2,27,32)(H,28,33)(H,29,35). The Hall–Kier alpha value is -3.81. The SMILES string of the molecule is CC(C)(C)OC(=O)NC(CC(N)=O)C(=O)N(CC#N)C(C(=O)NC1CCCCC1)c1ccccc1O. The van der Waals surface area contributed by atoms with Crippen LogP contribution in [-0.4, -0.2) is 58.1 Å². The summed E-state index contributed by atoms with van der Waals surface area (Å²) in [6.07, 6.45) is 2.97. The lowest BCUT2D eigenvalue weighted by molar-refractivity contribution is -0.143. The maximum absolute atomic E-state index is 13.6. The van der Waals surface area contributed by atoms with Crippen LogP contribution in [0.3, 0.4) is 0 Å². The van der Waals surface area contributed by atoms with Gasteiger partial charge in [0.05, 0.1) is 12.5 Å². The van der Waals surface area contributed by atoms with Crippen LogP contribution in [0.1, 0.15) is 70.9 Å². The minimum Gasteiger partial charge on any atom is -0.508 e. The first-order chi connectivity index (χ1) is 16.9. The topological polar surface area (TPSA) is 175 Å². The first-order valence-electron chi connectivity index (χ1n) is 12.0. The number of hydrogen-bond donors (Lipinski definition) is 4. The van der Waals surface area contributed by atoms with Gasteiger partial charge in [-0.15, -0.1) is 0 Å². The van der Waals surface area contributed by atoms with Crippen LogP contribution in [0.2, 0.25) is 0 Å². The highest BCUT2D eigenvalue weighted by Gasteiger charge is 2.38. The lowest BCUT2D eigenvalue weighted by Crippen LogP contribution is -2.54. The molecule has 4 amide bonds. The Bertz CT molecular complexity index is 993. The Morgan fingerprint density at radius 2 is 1.83 bits per heavy atom. The maximum Gasteiger partial charge on any atom is 0.408 e. The zero-order valence-electron chi connectivity index (χ0n) is 21.0. The zero-order valence-corrected chi connectivity index (χ0v) is 21.0. The number of rotatable bonds is 9. The van der Waals surface area contributed by atoms with Gasteiger partial charge in [-0.05, 0) is 39.7 Å². The second-order valence-corrected chi connectivity index (χ2v) is 9.80. The molecule has 0 bridgehead atoms. The molecule has 0 saturated heterocycles. The molecule has 1 aromatic rings. The van der Waals surface area contributed by atoms with E-state index in [0.717, 1.165) is 37.0 Å². The second kappa shape index (κ2) is 12.8. The predicted octanol–water partition coefficient (Wildman–Crippen LogP) is 2.00. The van der Waals surface area contributed by atoms with Gasteiger partial charge in [-0.2, -0.15) is 5.26 Å². The van der Waals surface area contributed by atoms with Gasteiger partial charge in [0.25, 0.3) is 0 Å². The zero-order chi connectivity index (χ0) is 26.9. The van der Waals surface area contributed by atoms with Crippen molar-refractivity contribution in [3.63, 3.8) is 0 Å². The molecule has 1 saturated carbocycles. The molecule has 0 heterocycles. The van der Waals surface area contributed by atoms with E-state index in [0.29, 0.717) is 0 Å². The smallest absolute Gasteiger partial charge is 0.408 e. The van der Waals surface area contributed by atoms with Crippen LogP contribution in [0, 0.1) is 11.3 Å². The fourth-order valence-electron chi connectivity index (χ4n) is 4.12. The van der Waals surface area contributed by atoms with E-state index < -0.39 is 54.5 Å². The van der Waals surface area contributed by atoms with Crippen LogP contribution < -0.4 is 16.4 Å². The van der Waals surface area contributed by atoms with Crippen LogP contribution in [0.4, 0.5) is 4.79 Å². The average molecular weight is 502 g/mol. The van der Waals surface area contributed by atoms with Gasteiger partial charge in [0.15, 0.2) is 0 Å². The van der Waals surface area contributed by atoms with E-state index in [-0.39, 0.29) is 17.4 Å². The first-order valence-corrected chi connectivity index (χ1v) is 12.0. The quantitative estimate of drug-likeness (QED) is 0.374. The minimum absolute atomic E-state index is 0.101. The summed E-state index contributed by atoms with van der Waals surface area (Å²) in [6, 6.07) is 4.85. The highest BCUT2D eigenvalue weighted by molar-refractivity contribution is 5.95. The minimum atomic E-state index is -1.50. The number of phenols is 1. The number of phenolic OH excluding ortho intramolecular Hbond substituents is 1. The van der Waals surface area contributed by atoms with Crippen molar-refractivity contribution in [2.24, 2.45) is 5.73 Å². The Balaban J connectivity index is 2.44. The van der Waals surface area contributed by atoms with Crippen molar-refractivity contribution < 1.29 is 29.0 Å². The Morgan fingerprint density at radius 1 is 1.19 bits per heavy atom. The lowest BCUT2D eigenvalue weighted by atomic mass is 9.94. The van der Waals surface area contributed by atoms with E-state index >= 15 is 0 Å². The number of para-hydroxylation sites is 1. The normalized spacial score (nSPS) is 15.6. The number of nitrogens with one attached hydrogen (secondary N) is 2. The lowest BCUT2D eigenvalue weighted by Gasteiger charge is -2.34. The number of ether oxygens (including phenoxy) is 1. The molecule has 196 valence electrons. The third-order valence-electron chi connectivity index (χ3n) is 5.66. The van der Waals surface area contributed by atoms with Crippen LogP contribution in [0.15, 0.2) is 24.3 Å². The Labute approximate surface area is 211 Å². The highest BCUT2D eigenvalue weighted by Crippen LogP contribution is 2.30. The summed E-state index contributed by atoms with van der Waals surface area (Å²) < 4.78 is 5.19. The van der Waals surface area contributed by atoms with Crippen molar-refractivity contribution in [3.05, 3.63) is 29.8 Å². The summed E-state index contributed by atoms with van der Waals surface area (Å²) in [4.78, 5) is 52.2. The van der Waals surface area contributed by atoms with Gasteiger partial charge in [0, 0.05) is 11.6 Å². The van der Waals surface area contributed by atoms with Crippen molar-refractivity contribution >= 4 is 23.8 Å². The molecule has 1 aromatic carbocycles. The third-order valence-corrected chi connectivity index (χ3v) is 5.66. The van der Waals surface area contributed by atoms with Gasteiger partial charge in [0.1, 0.15) is 30.0 Å². The van der Waals surface area contributed by atoms with Crippen LogP contribution in [0.25, 0.3) is 0 Å². The van der Waals surface area contributed by atoms with E-state index in [1.165, 1.54) is 12.1 Å². The Kier molecular flexibility index (Phi) is 10.1. The summed E-state index contributed by atoms with van der Waals surface area (Å²) in [6.45, 7) is 4.33. The van der Waals surface area contributed by atoms with Crippen molar-refractivity contribution in [3.8, 4) is 11.8 Å². The summed E-state index contributed by atoms with van der Waals surface area (Å²) in [5, 5.41) is 25.3. The van der Waals surface area contributed by atoms with Crippen molar-refractivity contribution in [1.82, 2.24) is 15.5 Å². The first kappa shape index (κ1) is 28.4. The van der Waals surface area contributed by atoms with Gasteiger partial charge in [0.2, 0.25) is 17.7 Å². The van der Waals surface area contributed by atoms with Gasteiger partial charge < -0.3 is 31.1 Å². The van der Waals surface area contributed by atoms with Gasteiger partial charge in [-0.1, -0.05) is 37.5 Å². The number of aromatic hydroxyl groups is 1. The number of alkyl carbamates (subject to hydrolysis) is 1. The summed E-state index contributed by atoms with van der Waals surface area (Å²) in [5.41, 5.74) is 4.54. The van der Waals surface area contributed by atoms with Crippen LogP contribution in [-0.2, 0) is 19.1 Å². The van der Waals surface area contributed by atoms with Crippen molar-refractivity contribution in [2.75, 3.05) is 6.54 Å². The largest absolute Gasteiger partial charge is 0.508 e. The molecule has 36 heavy (non-hydrogen) atoms. The molecule has 2 unspecified atom stereocenters. The summed E-state index contributed by atoms with van der Waals surface area (Å²) >= 11 is 0. The monoisotopic (exact) mass is 501 g/mol. The molecule has 5 N–H and O–H groups in total. The molecule has 1 aliphatic rings. The van der Waals surface area contributed by atoms with E-state index in [1.54, 1.807) is 32.9 Å². The number of primary amides is 1. The van der Waals surface area contributed by atoms with E-state index in [4.69, 9.17) is 10.5 Å². The Morgan fingerprint density at radius 3 is 2.39 bits per heavy atom. The molecular formula is C25H35N5O6. The number of nitriles is 1. The molecule has 11 heteroatoms.